The van der Waals surface area contributed by atoms with Gasteiger partial charge >= 0.3 is 45.2 Å². The second-order valence-corrected chi connectivity index (χ2v) is 4.42. The molecule has 0 saturated carbocycles. The Morgan fingerprint density at radius 1 is 0.900 bits per heavy atom. The van der Waals surface area contributed by atoms with E-state index in [-0.39, 0.29) is 37.6 Å². The largest absolute Gasteiger partial charge is 1.00 e. The number of phosphoric acid groups is 2. The van der Waals surface area contributed by atoms with Gasteiger partial charge in [0.05, 0.1) is 0 Å². The van der Waals surface area contributed by atoms with Crippen LogP contribution in [0, 0.1) is 0 Å². The fourth-order valence-electron chi connectivity index (χ4n) is 0.313. The monoisotopic (exact) mass is 345 g/mol. The molecule has 0 fully saturated rings. The number of aliphatic hydroxyl groups is 1. The fraction of sp³-hybridized carbons (Fsp3) is 0.286. The minimum Gasteiger partial charge on any atom is -1.00 e. The van der Waals surface area contributed by atoms with E-state index in [0.717, 1.165) is 0 Å². The average Bonchev–Trinajstić information content (AvgIpc) is 2.16. The van der Waals surface area contributed by atoms with E-state index in [1.165, 1.54) is 0 Å². The van der Waals surface area contributed by atoms with E-state index in [1.807, 2.05) is 18.2 Å². The van der Waals surface area contributed by atoms with Gasteiger partial charge in [-0.3, -0.25) is 4.98 Å². The maximum absolute atomic E-state index is 8.88. The summed E-state index contributed by atoms with van der Waals surface area (Å²) in [5.41, 5.74) is 0. The van der Waals surface area contributed by atoms with Gasteiger partial charge in [0.2, 0.25) is 0 Å². The van der Waals surface area contributed by atoms with Crippen molar-refractivity contribution in [3.8, 4) is 0 Å². The Morgan fingerprint density at radius 3 is 1.15 bits per heavy atom. The Kier molecular flexibility index (Phi) is 24.8. The molecule has 0 spiro atoms. The molecule has 0 aliphatic carbocycles. The molecule has 0 saturated heterocycles. The number of rotatable bonds is 0. The second kappa shape index (κ2) is 17.4. The molecule has 116 valence electrons. The Hall–Kier alpha value is 0.330. The van der Waals surface area contributed by atoms with Gasteiger partial charge in [-0.25, -0.2) is 9.13 Å². The van der Waals surface area contributed by atoms with E-state index < -0.39 is 15.6 Å². The summed E-state index contributed by atoms with van der Waals surface area (Å²) < 4.78 is 17.8. The van der Waals surface area contributed by atoms with Crippen molar-refractivity contribution in [2.45, 2.75) is 6.92 Å². The van der Waals surface area contributed by atoms with Crippen molar-refractivity contribution in [3.63, 3.8) is 0 Å². The number of hydrogen-bond donors (Lipinski definition) is 7. The van der Waals surface area contributed by atoms with Crippen LogP contribution in [0.3, 0.4) is 0 Å². The predicted octanol–water partition coefficient (Wildman–Crippen LogP) is -3.66. The van der Waals surface area contributed by atoms with E-state index in [2.05, 4.69) is 4.98 Å². The summed E-state index contributed by atoms with van der Waals surface area (Å²) in [7, 11) is -9.28. The van der Waals surface area contributed by atoms with Crippen molar-refractivity contribution in [2.24, 2.45) is 0 Å². The molecule has 1 aromatic heterocycles. The first kappa shape index (κ1) is 28.5. The van der Waals surface area contributed by atoms with Crippen molar-refractivity contribution < 1.29 is 74.6 Å². The first-order chi connectivity index (χ1) is 8.41. The Labute approximate surface area is 139 Å². The standard InChI is InChI=1S/C5H5N.C2H6O.Na.2H3O4P.H/c1-2-4-6-5-3-1;1-2-3;;2*1-5(2,3)4;/h1-5H;3H,2H2,1H3;;2*(H3,1,2,3,4);/q;;+1;;;-1. The SMILES string of the molecule is CCO.O=P(O)(O)O.O=P(O)(O)O.[H-].[Na+].c1ccncc1. The van der Waals surface area contributed by atoms with Crippen LogP contribution in [0.5, 0.6) is 0 Å². The quantitative estimate of drug-likeness (QED) is 0.182. The Balaban J connectivity index is -0.0000000539. The van der Waals surface area contributed by atoms with Gasteiger partial charge in [-0.15, -0.1) is 0 Å². The van der Waals surface area contributed by atoms with E-state index in [4.69, 9.17) is 43.6 Å². The molecule has 13 heteroatoms. The molecule has 1 aromatic rings. The molecule has 1 heterocycles. The van der Waals surface area contributed by atoms with Crippen LogP contribution in [0.2, 0.25) is 0 Å². The maximum Gasteiger partial charge on any atom is 1.00 e. The molecular weight excluding hydrogens is 327 g/mol. The molecule has 10 nitrogen and oxygen atoms in total. The molecule has 0 aliphatic rings. The molecule has 20 heavy (non-hydrogen) atoms. The zero-order chi connectivity index (χ0) is 15.9. The van der Waals surface area contributed by atoms with E-state index in [1.54, 1.807) is 19.3 Å². The van der Waals surface area contributed by atoms with Crippen LogP contribution in [0.1, 0.15) is 8.35 Å². The third-order valence-electron chi connectivity index (χ3n) is 0.566. The normalized spacial score (nSPS) is 9.20. The van der Waals surface area contributed by atoms with Crippen molar-refractivity contribution in [2.75, 3.05) is 6.61 Å². The minimum absolute atomic E-state index is 0. The smallest absolute Gasteiger partial charge is 1.00 e. The summed E-state index contributed by atoms with van der Waals surface area (Å²) in [4.78, 5) is 46.9. The van der Waals surface area contributed by atoms with Crippen molar-refractivity contribution >= 4 is 15.6 Å². The molecular formula is C7H18NNaO9P2. The number of aliphatic hydroxyl groups excluding tert-OH is 1. The molecule has 0 aromatic carbocycles. The van der Waals surface area contributed by atoms with Gasteiger partial charge in [0.15, 0.2) is 0 Å². The predicted molar refractivity (Wildman–Crippen MR) is 66.6 cm³/mol. The fourth-order valence-corrected chi connectivity index (χ4v) is 0.313. The average molecular weight is 345 g/mol. The van der Waals surface area contributed by atoms with Gasteiger partial charge in [-0.1, -0.05) is 6.07 Å². The van der Waals surface area contributed by atoms with Crippen LogP contribution in [-0.2, 0) is 9.13 Å². The van der Waals surface area contributed by atoms with Crippen molar-refractivity contribution in [1.29, 1.82) is 0 Å². The molecule has 0 bridgehead atoms. The molecule has 1 rings (SSSR count). The van der Waals surface area contributed by atoms with Crippen molar-refractivity contribution in [1.82, 2.24) is 4.98 Å². The van der Waals surface area contributed by atoms with Gasteiger partial charge in [-0.2, -0.15) is 0 Å². The summed E-state index contributed by atoms with van der Waals surface area (Å²) in [6.07, 6.45) is 3.50. The maximum atomic E-state index is 8.88. The van der Waals surface area contributed by atoms with E-state index in [9.17, 15) is 0 Å². The third kappa shape index (κ3) is 137. The van der Waals surface area contributed by atoms with Crippen LogP contribution in [-0.4, -0.2) is 46.1 Å². The zero-order valence-corrected chi connectivity index (χ0v) is 14.7. The molecule has 0 aliphatic heterocycles. The summed E-state index contributed by atoms with van der Waals surface area (Å²) >= 11 is 0. The first-order valence-electron chi connectivity index (χ1n) is 4.44. The van der Waals surface area contributed by atoms with Crippen LogP contribution >= 0.6 is 15.6 Å². The van der Waals surface area contributed by atoms with Gasteiger partial charge in [0, 0.05) is 19.0 Å². The summed E-state index contributed by atoms with van der Waals surface area (Å²) in [6, 6.07) is 5.72. The summed E-state index contributed by atoms with van der Waals surface area (Å²) in [5, 5.41) is 7.57. The Morgan fingerprint density at radius 2 is 1.10 bits per heavy atom. The number of hydrogen-bond acceptors (Lipinski definition) is 4. The molecule has 0 amide bonds. The Bertz CT molecular complexity index is 310. The van der Waals surface area contributed by atoms with E-state index >= 15 is 0 Å². The topological polar surface area (TPSA) is 189 Å². The molecule has 7 N–H and O–H groups in total. The zero-order valence-electron chi connectivity index (χ0n) is 11.9. The van der Waals surface area contributed by atoms with Crippen LogP contribution in [0.4, 0.5) is 0 Å². The second-order valence-electron chi connectivity index (χ2n) is 2.37. The van der Waals surface area contributed by atoms with Crippen LogP contribution < -0.4 is 29.6 Å². The van der Waals surface area contributed by atoms with Crippen molar-refractivity contribution in [3.05, 3.63) is 30.6 Å². The number of nitrogens with zero attached hydrogens (tertiary/aromatic N) is 1. The van der Waals surface area contributed by atoms with E-state index in [0.29, 0.717) is 0 Å². The van der Waals surface area contributed by atoms with Crippen LogP contribution in [0.15, 0.2) is 30.6 Å². The van der Waals surface area contributed by atoms with Gasteiger partial charge in [0.25, 0.3) is 0 Å². The minimum atomic E-state index is -4.64. The summed E-state index contributed by atoms with van der Waals surface area (Å²) in [6.45, 7) is 1.93. The van der Waals surface area contributed by atoms with Crippen LogP contribution in [0.25, 0.3) is 0 Å². The third-order valence-corrected chi connectivity index (χ3v) is 0.566. The summed E-state index contributed by atoms with van der Waals surface area (Å²) in [5.74, 6) is 0. The molecule has 0 unspecified atom stereocenters. The molecule has 0 atom stereocenters. The van der Waals surface area contributed by atoms with Gasteiger partial charge < -0.3 is 35.9 Å². The first-order valence-corrected chi connectivity index (χ1v) is 7.57. The van der Waals surface area contributed by atoms with Gasteiger partial charge in [0.1, 0.15) is 0 Å². The number of pyridine rings is 1. The number of aromatic nitrogens is 1. The molecule has 0 radical (unpaired) electrons. The van der Waals surface area contributed by atoms with Gasteiger partial charge in [-0.05, 0) is 19.1 Å².